The van der Waals surface area contributed by atoms with E-state index in [9.17, 15) is 0 Å². The van der Waals surface area contributed by atoms with Crippen LogP contribution < -0.4 is 5.32 Å². The van der Waals surface area contributed by atoms with Gasteiger partial charge in [-0.15, -0.1) is 0 Å². The van der Waals surface area contributed by atoms with Crippen LogP contribution in [0.3, 0.4) is 0 Å². The van der Waals surface area contributed by atoms with Crippen LogP contribution >= 0.6 is 0 Å². The van der Waals surface area contributed by atoms with E-state index in [1.165, 1.54) is 0 Å². The maximum Gasteiger partial charge on any atom is 0.130 e. The molecule has 0 rings (SSSR count). The molecule has 0 atom stereocenters. The Hall–Kier alpha value is 0.0899. The van der Waals surface area contributed by atoms with Gasteiger partial charge in [0.15, 0.2) is 0 Å². The number of nitrogens with two attached hydrogens (primary N) is 1. The smallest absolute Gasteiger partial charge is 0.130 e. The maximum absolute atomic E-state index is 4.98. The minimum absolute atomic E-state index is 0.917. The minimum atomic E-state index is 0.917. The first-order valence-electron chi connectivity index (χ1n) is 1.73. The average Bonchev–Trinajstić information content (AvgIpc) is 1.41. The Kier molecular flexibility index (Phi) is 4.16. The summed E-state index contributed by atoms with van der Waals surface area (Å²) in [4.78, 5) is 0. The Morgan fingerprint density at radius 1 is 2.00 bits per heavy atom. The number of hydrogen-bond donors (Lipinski definition) is 1. The van der Waals surface area contributed by atoms with Crippen LogP contribution in [0.2, 0.25) is 0 Å². The van der Waals surface area contributed by atoms with Crippen molar-refractivity contribution in [3.8, 4) is 0 Å². The molecule has 0 aromatic rings. The van der Waals surface area contributed by atoms with E-state index in [2.05, 4.69) is 0 Å². The van der Waals surface area contributed by atoms with Crippen LogP contribution in [-0.4, -0.2) is 28.4 Å². The molecule has 0 aromatic carbocycles. The molecule has 0 saturated heterocycles. The van der Waals surface area contributed by atoms with Gasteiger partial charge in [-0.25, -0.2) is 0 Å². The van der Waals surface area contributed by atoms with Gasteiger partial charge in [-0.1, -0.05) is 0 Å². The second-order valence-electron chi connectivity index (χ2n) is 0.880. The molecule has 0 unspecified atom stereocenters. The van der Waals surface area contributed by atoms with Crippen molar-refractivity contribution in [3.05, 3.63) is 0 Å². The molecular weight excluding hydrogens is 59.7 g/mol. The molecule has 0 aliphatic heterocycles. The molecule has 0 spiro atoms. The highest BCUT2D eigenvalue weighted by molar-refractivity contribution is 6.89. The molecule has 0 saturated carbocycles. The minimum Gasteiger partial charge on any atom is -0.357 e. The van der Waals surface area contributed by atoms with Gasteiger partial charge < -0.3 is 5.32 Å². The van der Waals surface area contributed by atoms with Crippen LogP contribution in [0.5, 0.6) is 0 Å². The van der Waals surface area contributed by atoms with E-state index in [1.54, 1.807) is 7.17 Å². The summed E-state index contributed by atoms with van der Waals surface area (Å²) in [6.45, 7) is 0. The first-order chi connectivity index (χ1) is 2.41. The number of rotatable bonds is 2. The van der Waals surface area contributed by atoms with Gasteiger partial charge in [-0.2, -0.15) is 0 Å². The molecule has 3 heteroatoms. The van der Waals surface area contributed by atoms with Gasteiger partial charge >= 0.3 is 0 Å². The van der Waals surface area contributed by atoms with Crippen LogP contribution in [0.15, 0.2) is 0 Å². The Labute approximate surface area is 34.8 Å². The maximum atomic E-state index is 4.98. The van der Waals surface area contributed by atoms with Crippen LogP contribution in [0, 0.1) is 0 Å². The molecule has 0 aliphatic rings. The lowest BCUT2D eigenvalue weighted by Gasteiger charge is -1.80. The number of hydrogen-bond acceptors (Lipinski definition) is 0. The summed E-state index contributed by atoms with van der Waals surface area (Å²) < 4.78 is 0. The molecule has 25 valence electrons. The average molecular weight is 66.7 g/mol. The molecule has 2 N–H and O–H groups in total. The summed E-state index contributed by atoms with van der Waals surface area (Å²) >= 11 is 0. The van der Waals surface area contributed by atoms with Crippen molar-refractivity contribution in [2.45, 2.75) is 0 Å². The third-order valence-electron chi connectivity index (χ3n) is 0.372. The van der Waals surface area contributed by atoms with E-state index in [0.717, 1.165) is 6.44 Å². The highest BCUT2D eigenvalue weighted by atomic mass is 14.8. The van der Waals surface area contributed by atoms with Gasteiger partial charge in [0.2, 0.25) is 0 Å². The Bertz CT molecular complexity index is 15.1. The first-order valence-corrected chi connectivity index (χ1v) is 1.73. The summed E-state index contributed by atoms with van der Waals surface area (Å²) in [7, 11) is 8.58. The lowest BCUT2D eigenvalue weighted by atomic mass is 9.56. The SMILES string of the molecule is [B][B]C[NH2+]C. The zero-order valence-corrected chi connectivity index (χ0v) is 3.44. The highest BCUT2D eigenvalue weighted by Crippen LogP contribution is 1.22. The molecule has 1 nitrogen and oxygen atoms in total. The zero-order valence-electron chi connectivity index (χ0n) is 3.44. The monoisotopic (exact) mass is 67.1 g/mol. The van der Waals surface area contributed by atoms with Crippen LogP contribution in [0.25, 0.3) is 0 Å². The van der Waals surface area contributed by atoms with Crippen LogP contribution in [0.1, 0.15) is 0 Å². The van der Waals surface area contributed by atoms with Crippen molar-refractivity contribution in [2.75, 3.05) is 13.5 Å². The van der Waals surface area contributed by atoms with Crippen LogP contribution in [0.4, 0.5) is 0 Å². The van der Waals surface area contributed by atoms with Gasteiger partial charge in [0.25, 0.3) is 0 Å². The fourth-order valence-electron chi connectivity index (χ4n) is 0.136. The Balaban J connectivity index is 2.19. The zero-order chi connectivity index (χ0) is 4.12. The van der Waals surface area contributed by atoms with Gasteiger partial charge in [0.1, 0.15) is 7.17 Å². The van der Waals surface area contributed by atoms with E-state index in [0.29, 0.717) is 0 Å². The summed E-state index contributed by atoms with van der Waals surface area (Å²) in [6, 6.07) is 0. The largest absolute Gasteiger partial charge is 0.357 e. The molecule has 0 fully saturated rings. The van der Waals surface area contributed by atoms with Crippen molar-refractivity contribution in [1.29, 1.82) is 0 Å². The molecule has 0 bridgehead atoms. The predicted octanol–water partition coefficient (Wildman–Crippen LogP) is -2.08. The second-order valence-corrected chi connectivity index (χ2v) is 0.880. The normalized spacial score (nSPS) is 7.40. The third kappa shape index (κ3) is 4.09. The standard InChI is InChI=1S/C2H6B2N/c1-5-2-4-3/h5H,2H2,1H3/p+1. The molecular formula is C2H7B2N+. The second kappa shape index (κ2) is 4.09. The molecule has 0 aliphatic carbocycles. The van der Waals surface area contributed by atoms with E-state index in [4.69, 9.17) is 7.74 Å². The van der Waals surface area contributed by atoms with Crippen molar-refractivity contribution in [1.82, 2.24) is 0 Å². The lowest BCUT2D eigenvalue weighted by Crippen LogP contribution is -2.81. The summed E-state index contributed by atoms with van der Waals surface area (Å²) in [6.07, 6.45) is 0.917. The summed E-state index contributed by atoms with van der Waals surface area (Å²) in [5, 5.41) is 2.00. The summed E-state index contributed by atoms with van der Waals surface area (Å²) in [5.74, 6) is 0. The van der Waals surface area contributed by atoms with Gasteiger partial charge in [-0.3, -0.25) is 0 Å². The van der Waals surface area contributed by atoms with Crippen LogP contribution in [-0.2, 0) is 0 Å². The van der Waals surface area contributed by atoms with Gasteiger partial charge in [-0.05, 0) is 0 Å². The van der Waals surface area contributed by atoms with Crippen molar-refractivity contribution < 1.29 is 5.32 Å². The molecule has 3 radical (unpaired) electrons. The number of quaternary nitrogens is 1. The summed E-state index contributed by atoms with van der Waals surface area (Å²) in [5.41, 5.74) is 0. The third-order valence-corrected chi connectivity index (χ3v) is 0.372. The highest BCUT2D eigenvalue weighted by Gasteiger charge is 1.72. The molecule has 0 aromatic heterocycles. The van der Waals surface area contributed by atoms with Crippen molar-refractivity contribution in [3.63, 3.8) is 0 Å². The van der Waals surface area contributed by atoms with Crippen molar-refractivity contribution >= 4 is 14.9 Å². The van der Waals surface area contributed by atoms with E-state index in [-0.39, 0.29) is 0 Å². The molecule has 0 heterocycles. The fourth-order valence-corrected chi connectivity index (χ4v) is 0.136. The topological polar surface area (TPSA) is 16.6 Å². The fraction of sp³-hybridized carbons (Fsp3) is 1.00. The molecule has 5 heavy (non-hydrogen) atoms. The predicted molar refractivity (Wildman–Crippen MR) is 24.2 cm³/mol. The van der Waals surface area contributed by atoms with Crippen molar-refractivity contribution in [2.24, 2.45) is 0 Å². The first kappa shape index (κ1) is 5.09. The van der Waals surface area contributed by atoms with E-state index < -0.39 is 0 Å². The van der Waals surface area contributed by atoms with Gasteiger partial charge in [0.05, 0.1) is 7.05 Å². The lowest BCUT2D eigenvalue weighted by molar-refractivity contribution is -0.610. The quantitative estimate of drug-likeness (QED) is 0.357. The van der Waals surface area contributed by atoms with E-state index in [1.807, 2.05) is 12.4 Å². The Morgan fingerprint density at radius 3 is 2.60 bits per heavy atom. The Morgan fingerprint density at radius 2 is 2.60 bits per heavy atom. The molecule has 0 amide bonds. The van der Waals surface area contributed by atoms with Gasteiger partial charge in [0, 0.05) is 14.2 Å². The van der Waals surface area contributed by atoms with E-state index >= 15 is 0 Å².